The molecular formula is C12H13N3O4. The molecule has 1 aromatic heterocycles. The number of hydrogen-bond acceptors (Lipinski definition) is 6. The van der Waals surface area contributed by atoms with E-state index >= 15 is 0 Å². The first-order valence-electron chi connectivity index (χ1n) is 5.57. The van der Waals surface area contributed by atoms with Crippen LogP contribution in [0.25, 0.3) is 11.3 Å². The molecule has 2 rings (SSSR count). The van der Waals surface area contributed by atoms with Gasteiger partial charge in [0.05, 0.1) is 36.4 Å². The van der Waals surface area contributed by atoms with Crippen LogP contribution in [0.4, 0.5) is 5.69 Å². The number of hydrogen-bond donors (Lipinski definition) is 1. The van der Waals surface area contributed by atoms with E-state index in [1.54, 1.807) is 19.3 Å². The van der Waals surface area contributed by atoms with Gasteiger partial charge in [-0.05, 0) is 13.1 Å². The monoisotopic (exact) mass is 263 g/mol. The van der Waals surface area contributed by atoms with E-state index < -0.39 is 4.92 Å². The largest absolute Gasteiger partial charge is 0.496 e. The third-order valence-electron chi connectivity index (χ3n) is 2.54. The van der Waals surface area contributed by atoms with Gasteiger partial charge in [-0.15, -0.1) is 0 Å². The molecule has 0 spiro atoms. The summed E-state index contributed by atoms with van der Waals surface area (Å²) in [5, 5.41) is 13.6. The molecule has 0 fully saturated rings. The van der Waals surface area contributed by atoms with Crippen LogP contribution in [0.15, 0.2) is 28.8 Å². The second-order valence-corrected chi connectivity index (χ2v) is 3.79. The summed E-state index contributed by atoms with van der Waals surface area (Å²) in [5.41, 5.74) is 0.596. The van der Waals surface area contributed by atoms with Crippen LogP contribution in [0, 0.1) is 10.1 Å². The molecule has 2 aromatic rings. The van der Waals surface area contributed by atoms with Gasteiger partial charge in [-0.3, -0.25) is 10.1 Å². The average Bonchev–Trinajstić information content (AvgIpc) is 2.86. The first-order valence-corrected chi connectivity index (χ1v) is 5.57. The van der Waals surface area contributed by atoms with Crippen molar-refractivity contribution in [3.8, 4) is 17.1 Å². The Balaban J connectivity index is 2.40. The zero-order chi connectivity index (χ0) is 13.8. The van der Waals surface area contributed by atoms with E-state index in [1.165, 1.54) is 19.2 Å². The lowest BCUT2D eigenvalue weighted by atomic mass is 10.1. The number of ether oxygens (including phenoxy) is 1. The number of oxazole rings is 1. The van der Waals surface area contributed by atoms with E-state index in [1.807, 2.05) is 0 Å². The number of methoxy groups -OCH3 is 1. The highest BCUT2D eigenvalue weighted by Crippen LogP contribution is 2.33. The number of aromatic nitrogens is 1. The summed E-state index contributed by atoms with van der Waals surface area (Å²) in [5.74, 6) is 1.43. The molecule has 0 saturated carbocycles. The highest BCUT2D eigenvalue weighted by Gasteiger charge is 2.15. The van der Waals surface area contributed by atoms with Gasteiger partial charge in [-0.25, -0.2) is 4.98 Å². The molecule has 1 heterocycles. The van der Waals surface area contributed by atoms with Gasteiger partial charge < -0.3 is 14.5 Å². The minimum atomic E-state index is -0.473. The van der Waals surface area contributed by atoms with Gasteiger partial charge in [-0.2, -0.15) is 0 Å². The molecule has 0 unspecified atom stereocenters. The maximum atomic E-state index is 10.7. The number of nitro groups is 1. The van der Waals surface area contributed by atoms with Crippen molar-refractivity contribution < 1.29 is 14.1 Å². The van der Waals surface area contributed by atoms with E-state index in [9.17, 15) is 10.1 Å². The lowest BCUT2D eigenvalue weighted by Crippen LogP contribution is -2.04. The molecular weight excluding hydrogens is 250 g/mol. The third-order valence-corrected chi connectivity index (χ3v) is 2.54. The normalized spacial score (nSPS) is 10.4. The Labute approximate surface area is 109 Å². The van der Waals surface area contributed by atoms with E-state index in [4.69, 9.17) is 9.15 Å². The zero-order valence-corrected chi connectivity index (χ0v) is 10.5. The molecule has 100 valence electrons. The van der Waals surface area contributed by atoms with E-state index in [0.717, 1.165) is 0 Å². The Kier molecular flexibility index (Phi) is 3.76. The van der Waals surface area contributed by atoms with Gasteiger partial charge in [0.1, 0.15) is 5.75 Å². The number of nitro benzene ring substituents is 1. The van der Waals surface area contributed by atoms with Crippen LogP contribution in [-0.4, -0.2) is 24.1 Å². The number of benzene rings is 1. The van der Waals surface area contributed by atoms with Crippen molar-refractivity contribution in [1.29, 1.82) is 0 Å². The number of nitrogens with zero attached hydrogens (tertiary/aromatic N) is 2. The lowest BCUT2D eigenvalue weighted by molar-refractivity contribution is -0.384. The van der Waals surface area contributed by atoms with Crippen molar-refractivity contribution >= 4 is 5.69 Å². The Morgan fingerprint density at radius 1 is 1.53 bits per heavy atom. The molecule has 0 aliphatic carbocycles. The minimum absolute atomic E-state index is 0.0319. The summed E-state index contributed by atoms with van der Waals surface area (Å²) < 4.78 is 10.7. The molecule has 0 saturated heterocycles. The maximum absolute atomic E-state index is 10.7. The summed E-state index contributed by atoms with van der Waals surface area (Å²) >= 11 is 0. The summed E-state index contributed by atoms with van der Waals surface area (Å²) in [4.78, 5) is 14.3. The van der Waals surface area contributed by atoms with Crippen LogP contribution in [0.3, 0.4) is 0 Å². The van der Waals surface area contributed by atoms with Crippen LogP contribution in [0.1, 0.15) is 5.89 Å². The first-order chi connectivity index (χ1) is 9.15. The van der Waals surface area contributed by atoms with Gasteiger partial charge in [0.25, 0.3) is 5.69 Å². The van der Waals surface area contributed by atoms with Gasteiger partial charge in [-0.1, -0.05) is 0 Å². The van der Waals surface area contributed by atoms with Crippen molar-refractivity contribution in [1.82, 2.24) is 10.3 Å². The second kappa shape index (κ2) is 5.49. The highest BCUT2D eigenvalue weighted by atomic mass is 16.6. The van der Waals surface area contributed by atoms with Crippen molar-refractivity contribution in [2.45, 2.75) is 6.54 Å². The Morgan fingerprint density at radius 3 is 2.95 bits per heavy atom. The summed E-state index contributed by atoms with van der Waals surface area (Å²) in [6.45, 7) is 0.509. The third kappa shape index (κ3) is 2.71. The van der Waals surface area contributed by atoms with E-state index in [-0.39, 0.29) is 5.69 Å². The SMILES string of the molecule is CNCc1ncc(-c2ccc([N+](=O)[O-])cc2OC)o1. The van der Waals surface area contributed by atoms with Crippen LogP contribution < -0.4 is 10.1 Å². The molecule has 1 N–H and O–H groups in total. The molecule has 0 amide bonds. The van der Waals surface area contributed by atoms with Crippen molar-refractivity contribution in [3.05, 3.63) is 40.4 Å². The van der Waals surface area contributed by atoms with Crippen LogP contribution in [0.2, 0.25) is 0 Å². The van der Waals surface area contributed by atoms with Gasteiger partial charge in [0.15, 0.2) is 5.76 Å². The van der Waals surface area contributed by atoms with Crippen molar-refractivity contribution in [3.63, 3.8) is 0 Å². The second-order valence-electron chi connectivity index (χ2n) is 3.79. The predicted molar refractivity (Wildman–Crippen MR) is 67.9 cm³/mol. The number of nitrogens with one attached hydrogen (secondary N) is 1. The number of rotatable bonds is 5. The molecule has 0 radical (unpaired) electrons. The molecule has 7 heteroatoms. The molecule has 0 bridgehead atoms. The molecule has 0 aliphatic heterocycles. The van der Waals surface area contributed by atoms with Gasteiger partial charge in [0.2, 0.25) is 5.89 Å². The lowest BCUT2D eigenvalue weighted by Gasteiger charge is -2.05. The fourth-order valence-electron chi connectivity index (χ4n) is 1.66. The van der Waals surface area contributed by atoms with Crippen LogP contribution in [0.5, 0.6) is 5.75 Å². The predicted octanol–water partition coefficient (Wildman–Crippen LogP) is 1.98. The first kappa shape index (κ1) is 13.0. The fourth-order valence-corrected chi connectivity index (χ4v) is 1.66. The Morgan fingerprint density at radius 2 is 2.32 bits per heavy atom. The molecule has 0 aliphatic rings. The van der Waals surface area contributed by atoms with Crippen LogP contribution in [-0.2, 0) is 6.54 Å². The van der Waals surface area contributed by atoms with Crippen molar-refractivity contribution in [2.75, 3.05) is 14.2 Å². The molecule has 0 atom stereocenters. The highest BCUT2D eigenvalue weighted by molar-refractivity contribution is 5.67. The number of non-ortho nitro benzene ring substituents is 1. The molecule has 7 nitrogen and oxygen atoms in total. The minimum Gasteiger partial charge on any atom is -0.496 e. The van der Waals surface area contributed by atoms with Gasteiger partial charge >= 0.3 is 0 Å². The average molecular weight is 263 g/mol. The standard InChI is InChI=1S/C12H13N3O4/c1-13-7-12-14-6-11(19-12)9-4-3-8(15(16)17)5-10(9)18-2/h3-6,13H,7H2,1-2H3. The Bertz CT molecular complexity index is 594. The van der Waals surface area contributed by atoms with Gasteiger partial charge in [0, 0.05) is 6.07 Å². The summed E-state index contributed by atoms with van der Waals surface area (Å²) in [6.07, 6.45) is 1.57. The van der Waals surface area contributed by atoms with Crippen LogP contribution >= 0.6 is 0 Å². The smallest absolute Gasteiger partial charge is 0.273 e. The molecule has 19 heavy (non-hydrogen) atoms. The zero-order valence-electron chi connectivity index (χ0n) is 10.5. The quantitative estimate of drug-likeness (QED) is 0.655. The van der Waals surface area contributed by atoms with Crippen molar-refractivity contribution in [2.24, 2.45) is 0 Å². The fraction of sp³-hybridized carbons (Fsp3) is 0.250. The van der Waals surface area contributed by atoms with E-state index in [2.05, 4.69) is 10.3 Å². The van der Waals surface area contributed by atoms with E-state index in [0.29, 0.717) is 29.5 Å². The topological polar surface area (TPSA) is 90.4 Å². The summed E-state index contributed by atoms with van der Waals surface area (Å²) in [7, 11) is 3.24. The molecule has 1 aromatic carbocycles. The summed E-state index contributed by atoms with van der Waals surface area (Å²) in [6, 6.07) is 4.34. The Hall–Kier alpha value is -2.41. The maximum Gasteiger partial charge on any atom is 0.273 e.